The van der Waals surface area contributed by atoms with Gasteiger partial charge in [0, 0.05) is 27.4 Å². The molecule has 0 bridgehead atoms. The van der Waals surface area contributed by atoms with E-state index in [1.807, 2.05) is 0 Å². The van der Waals surface area contributed by atoms with Crippen LogP contribution < -0.4 is 0 Å². The molecule has 118 valence electrons. The van der Waals surface area contributed by atoms with Gasteiger partial charge >= 0.3 is 5.97 Å². The summed E-state index contributed by atoms with van der Waals surface area (Å²) in [6, 6.07) is 4.20. The molecule has 1 amide bonds. The van der Waals surface area contributed by atoms with E-state index in [9.17, 15) is 14.0 Å². The van der Waals surface area contributed by atoms with Crippen molar-refractivity contribution in [2.45, 2.75) is 26.2 Å². The summed E-state index contributed by atoms with van der Waals surface area (Å²) < 4.78 is 23.3. The van der Waals surface area contributed by atoms with Gasteiger partial charge in [0.1, 0.15) is 5.82 Å². The predicted octanol–water partition coefficient (Wildman–Crippen LogP) is 2.63. The summed E-state index contributed by atoms with van der Waals surface area (Å²) in [4.78, 5) is 25.0. The minimum Gasteiger partial charge on any atom is -0.445 e. The van der Waals surface area contributed by atoms with E-state index in [0.29, 0.717) is 5.56 Å². The second-order valence-corrected chi connectivity index (χ2v) is 5.75. The van der Waals surface area contributed by atoms with Crippen molar-refractivity contribution in [3.63, 3.8) is 0 Å². The number of benzene rings is 1. The zero-order valence-corrected chi connectivity index (χ0v) is 13.1. The van der Waals surface area contributed by atoms with E-state index in [1.165, 1.54) is 23.1 Å². The second-order valence-electron chi connectivity index (χ2n) is 5.34. The van der Waals surface area contributed by atoms with E-state index in [1.54, 1.807) is 20.9 Å². The quantitative estimate of drug-likeness (QED) is 0.632. The number of likely N-dealkylation sites (N-methyl/N-ethyl adjacent to an activating group) is 1. The molecule has 1 fully saturated rings. The lowest BCUT2D eigenvalue weighted by molar-refractivity contribution is -0.159. The summed E-state index contributed by atoms with van der Waals surface area (Å²) in [6.45, 7) is 3.35. The lowest BCUT2D eigenvalue weighted by Gasteiger charge is -2.16. The molecule has 7 heteroatoms. The third-order valence-electron chi connectivity index (χ3n) is 2.93. The fraction of sp³-hybridized carbons (Fsp3) is 0.333. The number of hydrogen-bond acceptors (Lipinski definition) is 4. The van der Waals surface area contributed by atoms with Gasteiger partial charge in [-0.1, -0.05) is 17.7 Å². The molecule has 1 saturated heterocycles. The Hall–Kier alpha value is -2.08. The van der Waals surface area contributed by atoms with Crippen LogP contribution in [0.25, 0.3) is 0 Å². The van der Waals surface area contributed by atoms with E-state index in [-0.39, 0.29) is 17.3 Å². The van der Waals surface area contributed by atoms with Crippen LogP contribution in [-0.2, 0) is 25.6 Å². The fourth-order valence-corrected chi connectivity index (χ4v) is 2.10. The maximum atomic E-state index is 13.1. The van der Waals surface area contributed by atoms with Gasteiger partial charge in [0.15, 0.2) is 0 Å². The summed E-state index contributed by atoms with van der Waals surface area (Å²) >= 11 is 5.69. The lowest BCUT2D eigenvalue weighted by atomic mass is 10.2. The van der Waals surface area contributed by atoms with Crippen molar-refractivity contribution in [1.82, 2.24) is 4.90 Å². The molecule has 0 aliphatic carbocycles. The SMILES string of the molecule is CN(Cc1ccc(F)c(Cl)c1)C(=O)C=C1OC(C)(C)OC1=O. The van der Waals surface area contributed by atoms with Gasteiger partial charge in [-0.05, 0) is 17.7 Å². The lowest BCUT2D eigenvalue weighted by Crippen LogP contribution is -2.25. The van der Waals surface area contributed by atoms with Gasteiger partial charge in [-0.2, -0.15) is 0 Å². The summed E-state index contributed by atoms with van der Waals surface area (Å²) in [6.07, 6.45) is 1.07. The number of carbonyl (C=O) groups is 2. The molecule has 1 aliphatic rings. The monoisotopic (exact) mass is 327 g/mol. The number of nitrogens with zero attached hydrogens (tertiary/aromatic N) is 1. The van der Waals surface area contributed by atoms with Crippen molar-refractivity contribution in [2.75, 3.05) is 7.05 Å². The molecule has 0 atom stereocenters. The number of carbonyl (C=O) groups excluding carboxylic acids is 2. The van der Waals surface area contributed by atoms with E-state index in [0.717, 1.165) is 6.08 Å². The topological polar surface area (TPSA) is 55.8 Å². The molecule has 1 aliphatic heterocycles. The molecule has 2 rings (SSSR count). The fourth-order valence-electron chi connectivity index (χ4n) is 1.90. The summed E-state index contributed by atoms with van der Waals surface area (Å²) in [5.74, 6) is -2.86. The molecule has 22 heavy (non-hydrogen) atoms. The Bertz CT molecular complexity index is 657. The van der Waals surface area contributed by atoms with Crippen molar-refractivity contribution >= 4 is 23.5 Å². The van der Waals surface area contributed by atoms with Crippen LogP contribution in [0.15, 0.2) is 30.0 Å². The first-order valence-electron chi connectivity index (χ1n) is 6.51. The first-order valence-corrected chi connectivity index (χ1v) is 6.89. The van der Waals surface area contributed by atoms with Crippen molar-refractivity contribution < 1.29 is 23.5 Å². The number of cyclic esters (lactones) is 1. The summed E-state index contributed by atoms with van der Waals surface area (Å²) in [5, 5.41) is -0.0128. The highest BCUT2D eigenvalue weighted by Gasteiger charge is 2.37. The highest BCUT2D eigenvalue weighted by molar-refractivity contribution is 6.30. The number of hydrogen-bond donors (Lipinski definition) is 0. The minimum absolute atomic E-state index is 0.0128. The maximum absolute atomic E-state index is 13.1. The Labute approximate surface area is 132 Å². The van der Waals surface area contributed by atoms with E-state index in [2.05, 4.69) is 0 Å². The second kappa shape index (κ2) is 5.96. The highest BCUT2D eigenvalue weighted by Crippen LogP contribution is 2.26. The Balaban J connectivity index is 2.06. The molecule has 0 aromatic heterocycles. The van der Waals surface area contributed by atoms with Gasteiger partial charge in [0.25, 0.3) is 5.91 Å². The number of esters is 1. The minimum atomic E-state index is -1.08. The average molecular weight is 328 g/mol. The van der Waals surface area contributed by atoms with Crippen LogP contribution in [0, 0.1) is 5.82 Å². The molecule has 0 radical (unpaired) electrons. The third-order valence-corrected chi connectivity index (χ3v) is 3.22. The van der Waals surface area contributed by atoms with Crippen molar-refractivity contribution in [3.8, 4) is 0 Å². The summed E-state index contributed by atoms with van der Waals surface area (Å²) in [7, 11) is 1.54. The van der Waals surface area contributed by atoms with Gasteiger partial charge in [-0.15, -0.1) is 0 Å². The van der Waals surface area contributed by atoms with Crippen LogP contribution in [0.4, 0.5) is 4.39 Å². The van der Waals surface area contributed by atoms with Crippen LogP contribution in [-0.4, -0.2) is 29.6 Å². The normalized spacial score (nSPS) is 18.0. The number of halogens is 2. The molecule has 0 saturated carbocycles. The standard InChI is InChI=1S/C15H15ClFNO4/c1-15(2)21-12(14(20)22-15)7-13(19)18(3)8-9-4-5-11(17)10(16)6-9/h4-7H,8H2,1-3H3. The Kier molecular flexibility index (Phi) is 4.42. The van der Waals surface area contributed by atoms with E-state index >= 15 is 0 Å². The zero-order valence-electron chi connectivity index (χ0n) is 12.4. The van der Waals surface area contributed by atoms with Crippen LogP contribution in [0.3, 0.4) is 0 Å². The Morgan fingerprint density at radius 2 is 2.09 bits per heavy atom. The molecule has 0 N–H and O–H groups in total. The first-order chi connectivity index (χ1) is 10.2. The molecule has 5 nitrogen and oxygen atoms in total. The number of rotatable bonds is 3. The zero-order chi connectivity index (χ0) is 16.5. The number of amides is 1. The van der Waals surface area contributed by atoms with Gasteiger partial charge in [0.2, 0.25) is 11.5 Å². The molecule has 1 aromatic rings. The smallest absolute Gasteiger partial charge is 0.377 e. The van der Waals surface area contributed by atoms with E-state index in [4.69, 9.17) is 21.1 Å². The average Bonchev–Trinajstić information content (AvgIpc) is 2.66. The predicted molar refractivity (Wildman–Crippen MR) is 77.2 cm³/mol. The maximum Gasteiger partial charge on any atom is 0.377 e. The summed E-state index contributed by atoms with van der Waals surface area (Å²) in [5.41, 5.74) is 0.663. The highest BCUT2D eigenvalue weighted by atomic mass is 35.5. The molecule has 1 heterocycles. The Morgan fingerprint density at radius 1 is 1.41 bits per heavy atom. The largest absolute Gasteiger partial charge is 0.445 e. The van der Waals surface area contributed by atoms with Gasteiger partial charge in [-0.25, -0.2) is 9.18 Å². The molecule has 0 spiro atoms. The molecule has 0 unspecified atom stereocenters. The molecular weight excluding hydrogens is 313 g/mol. The Morgan fingerprint density at radius 3 is 2.64 bits per heavy atom. The van der Waals surface area contributed by atoms with Crippen LogP contribution >= 0.6 is 11.6 Å². The van der Waals surface area contributed by atoms with Gasteiger partial charge in [-0.3, -0.25) is 4.79 Å². The van der Waals surface area contributed by atoms with Crippen LogP contribution in [0.1, 0.15) is 19.4 Å². The van der Waals surface area contributed by atoms with Crippen molar-refractivity contribution in [3.05, 3.63) is 46.4 Å². The first kappa shape index (κ1) is 16.3. The van der Waals surface area contributed by atoms with Crippen LogP contribution in [0.2, 0.25) is 5.02 Å². The van der Waals surface area contributed by atoms with Crippen LogP contribution in [0.5, 0.6) is 0 Å². The molecule has 1 aromatic carbocycles. The van der Waals surface area contributed by atoms with E-state index < -0.39 is 23.5 Å². The number of ether oxygens (including phenoxy) is 2. The van der Waals surface area contributed by atoms with Gasteiger partial charge < -0.3 is 14.4 Å². The van der Waals surface area contributed by atoms with Crippen molar-refractivity contribution in [1.29, 1.82) is 0 Å². The van der Waals surface area contributed by atoms with Gasteiger partial charge in [0.05, 0.1) is 11.1 Å². The third kappa shape index (κ3) is 3.76. The molecular formula is C15H15ClFNO4. The van der Waals surface area contributed by atoms with Crippen molar-refractivity contribution in [2.24, 2.45) is 0 Å².